The molecule has 0 radical (unpaired) electrons. The van der Waals surface area contributed by atoms with Gasteiger partial charge >= 0.3 is 0 Å². The molecule has 0 saturated heterocycles. The molecule has 100 valence electrons. The molecule has 0 aromatic heterocycles. The minimum absolute atomic E-state index is 0.110. The van der Waals surface area contributed by atoms with E-state index in [1.807, 2.05) is 24.3 Å². The molecule has 19 heavy (non-hydrogen) atoms. The molecule has 2 N–H and O–H groups in total. The van der Waals surface area contributed by atoms with Crippen LogP contribution < -0.4 is 5.32 Å². The largest absolute Gasteiger partial charge is 0.381 e. The van der Waals surface area contributed by atoms with Crippen LogP contribution in [0.4, 0.5) is 5.69 Å². The molecule has 2 aromatic rings. The van der Waals surface area contributed by atoms with Gasteiger partial charge in [0, 0.05) is 16.7 Å². The highest BCUT2D eigenvalue weighted by Gasteiger charge is 2.08. The van der Waals surface area contributed by atoms with Crippen LogP contribution in [0.5, 0.6) is 0 Å². The first-order chi connectivity index (χ1) is 8.95. The minimum Gasteiger partial charge on any atom is -0.381 e. The summed E-state index contributed by atoms with van der Waals surface area (Å²) in [5.74, 6) is 0. The van der Waals surface area contributed by atoms with Crippen molar-refractivity contribution in [1.29, 1.82) is 0 Å². The zero-order valence-electron chi connectivity index (χ0n) is 9.88. The first-order valence-electron chi connectivity index (χ1n) is 5.51. The van der Waals surface area contributed by atoms with Crippen molar-refractivity contribution in [2.45, 2.75) is 11.4 Å². The number of nitrogens with one attached hydrogen (secondary N) is 1. The standard InChI is InChI=1S/C13H12BrNO3S/c14-11-3-1-10(2-4-11)9-15-12-5-7-13(8-6-12)19(16,17)18/h1-8,15H,9H2,(H,16,17,18). The fraction of sp³-hybridized carbons (Fsp3) is 0.0769. The Kier molecular flexibility index (Phi) is 4.24. The second-order valence-corrected chi connectivity index (χ2v) is 6.32. The van der Waals surface area contributed by atoms with Crippen molar-refractivity contribution in [2.24, 2.45) is 0 Å². The Balaban J connectivity index is 2.02. The van der Waals surface area contributed by atoms with Crippen molar-refractivity contribution < 1.29 is 13.0 Å². The van der Waals surface area contributed by atoms with Gasteiger partial charge in [0.15, 0.2) is 0 Å². The zero-order valence-corrected chi connectivity index (χ0v) is 12.3. The second-order valence-electron chi connectivity index (χ2n) is 3.98. The van der Waals surface area contributed by atoms with E-state index in [0.29, 0.717) is 6.54 Å². The molecule has 0 unspecified atom stereocenters. The van der Waals surface area contributed by atoms with Gasteiger partial charge in [-0.25, -0.2) is 0 Å². The lowest BCUT2D eigenvalue weighted by Gasteiger charge is -2.07. The van der Waals surface area contributed by atoms with E-state index in [2.05, 4.69) is 21.2 Å². The maximum atomic E-state index is 10.9. The molecule has 0 bridgehead atoms. The molecule has 6 heteroatoms. The van der Waals surface area contributed by atoms with Crippen LogP contribution in [0.2, 0.25) is 0 Å². The third-order valence-electron chi connectivity index (χ3n) is 2.56. The quantitative estimate of drug-likeness (QED) is 0.837. The third-order valence-corrected chi connectivity index (χ3v) is 3.96. The van der Waals surface area contributed by atoms with Crippen LogP contribution in [0.3, 0.4) is 0 Å². The van der Waals surface area contributed by atoms with Crippen molar-refractivity contribution in [3.05, 3.63) is 58.6 Å². The summed E-state index contributed by atoms with van der Waals surface area (Å²) < 4.78 is 31.7. The smallest absolute Gasteiger partial charge is 0.294 e. The van der Waals surface area contributed by atoms with E-state index in [1.54, 1.807) is 12.1 Å². The second kappa shape index (κ2) is 5.73. The molecule has 0 fully saturated rings. The van der Waals surface area contributed by atoms with Crippen molar-refractivity contribution in [2.75, 3.05) is 5.32 Å². The molecule has 0 spiro atoms. The lowest BCUT2D eigenvalue weighted by Crippen LogP contribution is -2.01. The fourth-order valence-corrected chi connectivity index (χ4v) is 2.30. The molecular weight excluding hydrogens is 330 g/mol. The first kappa shape index (κ1) is 14.0. The van der Waals surface area contributed by atoms with Gasteiger partial charge in [-0.1, -0.05) is 28.1 Å². The number of halogens is 1. The van der Waals surface area contributed by atoms with Gasteiger partial charge in [-0.3, -0.25) is 4.55 Å². The summed E-state index contributed by atoms with van der Waals surface area (Å²) in [5, 5.41) is 3.17. The third kappa shape index (κ3) is 4.05. The van der Waals surface area contributed by atoms with Crippen LogP contribution in [-0.2, 0) is 16.7 Å². The lowest BCUT2D eigenvalue weighted by molar-refractivity contribution is 0.483. The van der Waals surface area contributed by atoms with E-state index in [4.69, 9.17) is 4.55 Å². The van der Waals surface area contributed by atoms with Crippen LogP contribution in [0.1, 0.15) is 5.56 Å². The highest BCUT2D eigenvalue weighted by atomic mass is 79.9. The Morgan fingerprint density at radius 2 is 1.58 bits per heavy atom. The normalized spacial score (nSPS) is 11.3. The highest BCUT2D eigenvalue weighted by Crippen LogP contribution is 2.15. The first-order valence-corrected chi connectivity index (χ1v) is 7.74. The summed E-state index contributed by atoms with van der Waals surface area (Å²) in [5.41, 5.74) is 1.90. The van der Waals surface area contributed by atoms with E-state index in [1.165, 1.54) is 12.1 Å². The summed E-state index contributed by atoms with van der Waals surface area (Å²) in [7, 11) is -4.12. The van der Waals surface area contributed by atoms with Gasteiger partial charge in [0.05, 0.1) is 4.90 Å². The monoisotopic (exact) mass is 341 g/mol. The summed E-state index contributed by atoms with van der Waals surface area (Å²) in [6, 6.07) is 13.8. The average Bonchev–Trinajstić information content (AvgIpc) is 2.37. The molecule has 2 rings (SSSR count). The van der Waals surface area contributed by atoms with E-state index < -0.39 is 10.1 Å². The average molecular weight is 342 g/mol. The number of anilines is 1. The molecule has 0 aliphatic carbocycles. The van der Waals surface area contributed by atoms with E-state index in [-0.39, 0.29) is 4.90 Å². The lowest BCUT2D eigenvalue weighted by atomic mass is 10.2. The number of hydrogen-bond donors (Lipinski definition) is 2. The van der Waals surface area contributed by atoms with Crippen molar-refractivity contribution in [1.82, 2.24) is 0 Å². The van der Waals surface area contributed by atoms with E-state index in [9.17, 15) is 8.42 Å². The van der Waals surface area contributed by atoms with Gasteiger partial charge in [-0.15, -0.1) is 0 Å². The van der Waals surface area contributed by atoms with Gasteiger partial charge in [0.25, 0.3) is 10.1 Å². The van der Waals surface area contributed by atoms with E-state index in [0.717, 1.165) is 15.7 Å². The minimum atomic E-state index is -4.12. The van der Waals surface area contributed by atoms with E-state index >= 15 is 0 Å². The van der Waals surface area contributed by atoms with Gasteiger partial charge in [-0.05, 0) is 42.0 Å². The topological polar surface area (TPSA) is 66.4 Å². The molecule has 0 saturated carbocycles. The molecule has 0 atom stereocenters. The Morgan fingerprint density at radius 1 is 1.00 bits per heavy atom. The van der Waals surface area contributed by atoms with Crippen molar-refractivity contribution in [3.8, 4) is 0 Å². The van der Waals surface area contributed by atoms with Crippen LogP contribution in [0.25, 0.3) is 0 Å². The molecule has 0 amide bonds. The van der Waals surface area contributed by atoms with Gasteiger partial charge in [0.1, 0.15) is 0 Å². The summed E-state index contributed by atoms with van der Waals surface area (Å²) >= 11 is 3.37. The number of hydrogen-bond acceptors (Lipinski definition) is 3. The van der Waals surface area contributed by atoms with Crippen LogP contribution in [0, 0.1) is 0 Å². The van der Waals surface area contributed by atoms with Crippen LogP contribution >= 0.6 is 15.9 Å². The predicted octanol–water partition coefficient (Wildman–Crippen LogP) is 3.31. The molecule has 0 heterocycles. The Bertz CT molecular complexity index is 651. The van der Waals surface area contributed by atoms with Gasteiger partial charge < -0.3 is 5.32 Å². The number of benzene rings is 2. The number of rotatable bonds is 4. The van der Waals surface area contributed by atoms with Crippen LogP contribution in [-0.4, -0.2) is 13.0 Å². The Labute approximate surface area is 120 Å². The zero-order chi connectivity index (χ0) is 13.9. The van der Waals surface area contributed by atoms with Crippen molar-refractivity contribution in [3.63, 3.8) is 0 Å². The Morgan fingerprint density at radius 3 is 2.11 bits per heavy atom. The summed E-state index contributed by atoms with van der Waals surface area (Å²) in [4.78, 5) is -0.110. The molecular formula is C13H12BrNO3S. The summed E-state index contributed by atoms with van der Waals surface area (Å²) in [6.07, 6.45) is 0. The summed E-state index contributed by atoms with van der Waals surface area (Å²) in [6.45, 7) is 0.637. The molecule has 0 aliphatic rings. The van der Waals surface area contributed by atoms with Gasteiger partial charge in [-0.2, -0.15) is 8.42 Å². The highest BCUT2D eigenvalue weighted by molar-refractivity contribution is 9.10. The maximum Gasteiger partial charge on any atom is 0.294 e. The van der Waals surface area contributed by atoms with Gasteiger partial charge in [0.2, 0.25) is 0 Å². The SMILES string of the molecule is O=S(=O)(O)c1ccc(NCc2ccc(Br)cc2)cc1. The van der Waals surface area contributed by atoms with Crippen LogP contribution in [0.15, 0.2) is 57.9 Å². The molecule has 2 aromatic carbocycles. The predicted molar refractivity (Wildman–Crippen MR) is 77.7 cm³/mol. The fourth-order valence-electron chi connectivity index (χ4n) is 1.55. The Hall–Kier alpha value is -1.37. The maximum absolute atomic E-state index is 10.9. The van der Waals surface area contributed by atoms with Crippen molar-refractivity contribution >= 4 is 31.7 Å². The molecule has 4 nitrogen and oxygen atoms in total. The molecule has 0 aliphatic heterocycles.